The molecule has 1 aromatic heterocycles. The van der Waals surface area contributed by atoms with E-state index in [1.807, 2.05) is 19.3 Å². The summed E-state index contributed by atoms with van der Waals surface area (Å²) < 4.78 is 5.10. The average molecular weight is 250 g/mol. The number of nitrogens with zero attached hydrogens (tertiary/aromatic N) is 3. The van der Waals surface area contributed by atoms with Crippen LogP contribution < -0.4 is 5.32 Å². The van der Waals surface area contributed by atoms with Gasteiger partial charge in [-0.3, -0.25) is 0 Å². The van der Waals surface area contributed by atoms with Crippen molar-refractivity contribution >= 4 is 5.95 Å². The van der Waals surface area contributed by atoms with Crippen molar-refractivity contribution in [3.63, 3.8) is 0 Å². The Morgan fingerprint density at radius 2 is 2.22 bits per heavy atom. The van der Waals surface area contributed by atoms with Gasteiger partial charge in [-0.2, -0.15) is 0 Å². The van der Waals surface area contributed by atoms with Gasteiger partial charge in [0.1, 0.15) is 0 Å². The number of hydrogen-bond acceptors (Lipinski definition) is 5. The Hall–Kier alpha value is -1.20. The minimum Gasteiger partial charge on any atom is -0.383 e. The molecule has 100 valence electrons. The summed E-state index contributed by atoms with van der Waals surface area (Å²) in [6.07, 6.45) is 4.92. The molecule has 0 radical (unpaired) electrons. The number of nitrogens with one attached hydrogen (secondary N) is 1. The first kappa shape index (κ1) is 13.2. The van der Waals surface area contributed by atoms with Crippen LogP contribution in [0.3, 0.4) is 0 Å². The quantitative estimate of drug-likeness (QED) is 0.821. The minimum absolute atomic E-state index is 0.687. The number of rotatable bonds is 6. The van der Waals surface area contributed by atoms with Gasteiger partial charge in [0.15, 0.2) is 0 Å². The molecule has 1 unspecified atom stereocenters. The molecule has 1 aromatic rings. The predicted octanol–water partition coefficient (Wildman–Crippen LogP) is 1.17. The maximum atomic E-state index is 5.10. The largest absolute Gasteiger partial charge is 0.383 e. The van der Waals surface area contributed by atoms with E-state index in [0.717, 1.165) is 37.8 Å². The lowest BCUT2D eigenvalue weighted by atomic mass is 10.1. The molecule has 0 amide bonds. The second-order valence-electron chi connectivity index (χ2n) is 4.91. The number of hydrogen-bond donors (Lipinski definition) is 1. The van der Waals surface area contributed by atoms with Crippen LogP contribution in [-0.2, 0) is 4.74 Å². The smallest absolute Gasteiger partial charge is 0.222 e. The highest BCUT2D eigenvalue weighted by atomic mass is 16.5. The van der Waals surface area contributed by atoms with Crippen molar-refractivity contribution in [2.24, 2.45) is 5.92 Å². The van der Waals surface area contributed by atoms with Gasteiger partial charge in [0, 0.05) is 39.1 Å². The van der Waals surface area contributed by atoms with Crippen molar-refractivity contribution in [2.75, 3.05) is 45.2 Å². The Labute approximate surface area is 109 Å². The van der Waals surface area contributed by atoms with E-state index < -0.39 is 0 Å². The summed E-state index contributed by atoms with van der Waals surface area (Å²) in [6, 6.07) is 0. The summed E-state index contributed by atoms with van der Waals surface area (Å²) in [7, 11) is 1.75. The van der Waals surface area contributed by atoms with Gasteiger partial charge in [-0.25, -0.2) is 9.97 Å². The van der Waals surface area contributed by atoms with E-state index in [1.54, 1.807) is 7.11 Å². The average Bonchev–Trinajstić information content (AvgIpc) is 2.84. The van der Waals surface area contributed by atoms with E-state index >= 15 is 0 Å². The predicted molar refractivity (Wildman–Crippen MR) is 71.7 cm³/mol. The lowest BCUT2D eigenvalue weighted by molar-refractivity contribution is 0.159. The van der Waals surface area contributed by atoms with Crippen LogP contribution in [-0.4, -0.2) is 54.8 Å². The summed E-state index contributed by atoms with van der Waals surface area (Å²) in [6.45, 7) is 7.11. The highest BCUT2D eigenvalue weighted by Gasteiger charge is 2.21. The Morgan fingerprint density at radius 3 is 2.94 bits per heavy atom. The number of anilines is 1. The molecular formula is C13H22N4O. The van der Waals surface area contributed by atoms with Crippen LogP contribution in [0.1, 0.15) is 12.0 Å². The Bertz CT molecular complexity index is 355. The fourth-order valence-electron chi connectivity index (χ4n) is 2.22. The van der Waals surface area contributed by atoms with E-state index in [2.05, 4.69) is 20.2 Å². The normalized spacial score (nSPS) is 20.2. The number of likely N-dealkylation sites (tertiary alicyclic amines) is 1. The molecule has 5 heteroatoms. The molecule has 0 aromatic carbocycles. The Kier molecular flexibility index (Phi) is 4.90. The fourth-order valence-corrected chi connectivity index (χ4v) is 2.22. The van der Waals surface area contributed by atoms with Crippen molar-refractivity contribution in [1.82, 2.24) is 14.9 Å². The molecule has 0 spiro atoms. The van der Waals surface area contributed by atoms with E-state index in [4.69, 9.17) is 4.74 Å². The van der Waals surface area contributed by atoms with E-state index in [1.165, 1.54) is 13.0 Å². The summed E-state index contributed by atoms with van der Waals surface area (Å²) >= 11 is 0. The van der Waals surface area contributed by atoms with Crippen LogP contribution in [0.25, 0.3) is 0 Å². The Balaban J connectivity index is 1.70. The lowest BCUT2D eigenvalue weighted by Gasteiger charge is -2.15. The van der Waals surface area contributed by atoms with Crippen molar-refractivity contribution in [2.45, 2.75) is 13.3 Å². The van der Waals surface area contributed by atoms with E-state index in [0.29, 0.717) is 5.92 Å². The second-order valence-corrected chi connectivity index (χ2v) is 4.91. The van der Waals surface area contributed by atoms with Crippen molar-refractivity contribution in [3.05, 3.63) is 18.0 Å². The maximum absolute atomic E-state index is 5.10. The summed E-state index contributed by atoms with van der Waals surface area (Å²) in [4.78, 5) is 11.0. The van der Waals surface area contributed by atoms with E-state index in [-0.39, 0.29) is 0 Å². The molecular weight excluding hydrogens is 228 g/mol. The van der Waals surface area contributed by atoms with Crippen LogP contribution in [0.15, 0.2) is 12.4 Å². The lowest BCUT2D eigenvalue weighted by Crippen LogP contribution is -2.26. The van der Waals surface area contributed by atoms with Crippen molar-refractivity contribution in [1.29, 1.82) is 0 Å². The minimum atomic E-state index is 0.687. The first-order valence-corrected chi connectivity index (χ1v) is 6.51. The van der Waals surface area contributed by atoms with Gasteiger partial charge in [0.2, 0.25) is 5.95 Å². The zero-order chi connectivity index (χ0) is 12.8. The fraction of sp³-hybridized carbons (Fsp3) is 0.692. The standard InChI is InChI=1S/C13H22N4O/c1-11-7-14-13(15-8-11)16-9-12-3-4-17(10-12)5-6-18-2/h7-8,12H,3-6,9-10H2,1-2H3,(H,14,15,16). The zero-order valence-corrected chi connectivity index (χ0v) is 11.2. The molecule has 1 atom stereocenters. The molecule has 0 aliphatic carbocycles. The molecule has 18 heavy (non-hydrogen) atoms. The molecule has 0 bridgehead atoms. The number of aryl methyl sites for hydroxylation is 1. The summed E-state index contributed by atoms with van der Waals surface area (Å²) in [5.74, 6) is 1.42. The first-order valence-electron chi connectivity index (χ1n) is 6.51. The van der Waals surface area contributed by atoms with Crippen LogP contribution in [0, 0.1) is 12.8 Å². The van der Waals surface area contributed by atoms with Gasteiger partial charge in [-0.05, 0) is 31.4 Å². The summed E-state index contributed by atoms with van der Waals surface area (Å²) in [5.41, 5.74) is 1.09. The van der Waals surface area contributed by atoms with Crippen LogP contribution in [0.5, 0.6) is 0 Å². The van der Waals surface area contributed by atoms with Crippen LogP contribution in [0.2, 0.25) is 0 Å². The second kappa shape index (κ2) is 6.66. The van der Waals surface area contributed by atoms with Gasteiger partial charge in [-0.1, -0.05) is 0 Å². The molecule has 1 aliphatic rings. The van der Waals surface area contributed by atoms with Crippen LogP contribution >= 0.6 is 0 Å². The molecule has 1 N–H and O–H groups in total. The molecule has 2 rings (SSSR count). The SMILES string of the molecule is COCCN1CCC(CNc2ncc(C)cn2)C1. The molecule has 1 saturated heterocycles. The van der Waals surface area contributed by atoms with Crippen molar-refractivity contribution in [3.8, 4) is 0 Å². The topological polar surface area (TPSA) is 50.3 Å². The van der Waals surface area contributed by atoms with Crippen molar-refractivity contribution < 1.29 is 4.74 Å². The molecule has 1 fully saturated rings. The third kappa shape index (κ3) is 3.92. The maximum Gasteiger partial charge on any atom is 0.222 e. The highest BCUT2D eigenvalue weighted by Crippen LogP contribution is 2.16. The molecule has 1 aliphatic heterocycles. The van der Waals surface area contributed by atoms with Gasteiger partial charge < -0.3 is 15.0 Å². The monoisotopic (exact) mass is 250 g/mol. The van der Waals surface area contributed by atoms with E-state index in [9.17, 15) is 0 Å². The molecule has 5 nitrogen and oxygen atoms in total. The number of methoxy groups -OCH3 is 1. The first-order chi connectivity index (χ1) is 8.78. The third-order valence-electron chi connectivity index (χ3n) is 3.31. The zero-order valence-electron chi connectivity index (χ0n) is 11.2. The van der Waals surface area contributed by atoms with Gasteiger partial charge in [-0.15, -0.1) is 0 Å². The van der Waals surface area contributed by atoms with Gasteiger partial charge >= 0.3 is 0 Å². The third-order valence-corrected chi connectivity index (χ3v) is 3.31. The van der Waals surface area contributed by atoms with Gasteiger partial charge in [0.05, 0.1) is 6.61 Å². The highest BCUT2D eigenvalue weighted by molar-refractivity contribution is 5.24. The number of aromatic nitrogens is 2. The molecule has 0 saturated carbocycles. The van der Waals surface area contributed by atoms with Crippen LogP contribution in [0.4, 0.5) is 5.95 Å². The van der Waals surface area contributed by atoms with Gasteiger partial charge in [0.25, 0.3) is 0 Å². The number of ether oxygens (including phenoxy) is 1. The summed E-state index contributed by atoms with van der Waals surface area (Å²) in [5, 5.41) is 3.31. The Morgan fingerprint density at radius 1 is 1.44 bits per heavy atom. The molecule has 2 heterocycles.